The summed E-state index contributed by atoms with van der Waals surface area (Å²) in [5, 5.41) is 2.18. The van der Waals surface area contributed by atoms with Crippen molar-refractivity contribution in [3.05, 3.63) is 138 Å². The molecule has 0 amide bonds. The van der Waals surface area contributed by atoms with Crippen molar-refractivity contribution in [2.45, 2.75) is 37.5 Å². The number of pyridine rings is 2. The molecule has 0 atom stereocenters. The molecule has 0 aliphatic carbocycles. The van der Waals surface area contributed by atoms with E-state index in [1.807, 2.05) is 48.5 Å². The minimum atomic E-state index is -3.66. The van der Waals surface area contributed by atoms with Gasteiger partial charge in [0.2, 0.25) is 0 Å². The van der Waals surface area contributed by atoms with Crippen LogP contribution < -0.4 is 4.40 Å². The number of halogens is 2. The number of rotatable bonds is 5. The molecule has 0 saturated heterocycles. The van der Waals surface area contributed by atoms with Crippen molar-refractivity contribution in [1.82, 2.24) is 9.97 Å². The Morgan fingerprint density at radius 1 is 0.745 bits per heavy atom. The molecule has 7 heteroatoms. The molecule has 7 rings (SSSR count). The van der Waals surface area contributed by atoms with Crippen LogP contribution in [-0.2, 0) is 20.1 Å². The van der Waals surface area contributed by atoms with Crippen LogP contribution in [0.2, 0.25) is 17.3 Å². The van der Waals surface area contributed by atoms with E-state index < -0.39 is 19.7 Å². The van der Waals surface area contributed by atoms with E-state index in [-0.39, 0.29) is 25.7 Å². The SMILES string of the molecule is Cc1cc(-c2[c-]cccc2)nc[c]1[Ge]([CH3])([CH3])[CH3].[2H]C(F)(F)c1ccnc(-c2[c-]ccc3c2sc2c(C)cc(-c4ccccc4)cc23)c1.[Ir]. The molecule has 3 heterocycles. The van der Waals surface area contributed by atoms with Crippen LogP contribution in [0.3, 0.4) is 0 Å². The van der Waals surface area contributed by atoms with Crippen LogP contribution in [0, 0.1) is 26.0 Å². The first-order valence-corrected chi connectivity index (χ1v) is 23.3. The van der Waals surface area contributed by atoms with E-state index >= 15 is 0 Å². The standard InChI is InChI=1S/C25H16F2NS.C15H18GeN.Ir/c1-15-12-18(16-6-3-2-4-7-16)13-21-19-8-5-9-20(24(19)29-23(15)21)22-14-17(25(26)27)10-11-28-22;1-12-10-15(13-8-6-5-7-9-13)17-11-14(12)16(2,3)4;/h2-8,10-14,25H,1H3;5-8,10-11H,1-4H3;/q2*-1;/i25D;;. The summed E-state index contributed by atoms with van der Waals surface area (Å²) in [4.78, 5) is 8.88. The molecule has 47 heavy (non-hydrogen) atoms. The van der Waals surface area contributed by atoms with Gasteiger partial charge in [-0.25, -0.2) is 8.78 Å². The zero-order valence-electron chi connectivity index (χ0n) is 27.8. The van der Waals surface area contributed by atoms with Gasteiger partial charge in [-0.05, 0) is 51.5 Å². The minimum Gasteiger partial charge on any atom is -0.305 e. The summed E-state index contributed by atoms with van der Waals surface area (Å²) in [6.07, 6.45) is -0.260. The van der Waals surface area contributed by atoms with Crippen molar-refractivity contribution < 1.29 is 30.3 Å². The maximum Gasteiger partial charge on any atom is 0.263 e. The van der Waals surface area contributed by atoms with Gasteiger partial charge in [0.15, 0.2) is 0 Å². The van der Waals surface area contributed by atoms with E-state index in [9.17, 15) is 8.78 Å². The van der Waals surface area contributed by atoms with Gasteiger partial charge in [-0.3, -0.25) is 0 Å². The summed E-state index contributed by atoms with van der Waals surface area (Å²) < 4.78 is 37.7. The molecule has 0 bridgehead atoms. The number of hydrogen-bond donors (Lipinski definition) is 0. The average Bonchev–Trinajstić information content (AvgIpc) is 3.44. The van der Waals surface area contributed by atoms with E-state index in [0.717, 1.165) is 48.1 Å². The Morgan fingerprint density at radius 3 is 2.19 bits per heavy atom. The fourth-order valence-corrected chi connectivity index (χ4v) is 10.6. The van der Waals surface area contributed by atoms with Crippen molar-refractivity contribution in [2.24, 2.45) is 0 Å². The molecule has 0 aliphatic heterocycles. The minimum absolute atomic E-state index is 0. The number of aromatic nitrogens is 2. The molecule has 0 aliphatic rings. The van der Waals surface area contributed by atoms with Crippen LogP contribution in [0.4, 0.5) is 8.78 Å². The van der Waals surface area contributed by atoms with Crippen LogP contribution >= 0.6 is 11.3 Å². The number of alkyl halides is 2. The van der Waals surface area contributed by atoms with Crippen LogP contribution in [0.5, 0.6) is 0 Å². The van der Waals surface area contributed by atoms with E-state index in [1.54, 1.807) is 11.3 Å². The van der Waals surface area contributed by atoms with Crippen molar-refractivity contribution in [1.29, 1.82) is 0 Å². The van der Waals surface area contributed by atoms with Crippen LogP contribution in [0.25, 0.3) is 53.8 Å². The Bertz CT molecular complexity index is 2190. The molecule has 7 aromatic rings. The summed E-state index contributed by atoms with van der Waals surface area (Å²) in [5.41, 5.74) is 7.64. The second kappa shape index (κ2) is 14.7. The zero-order chi connectivity index (χ0) is 33.3. The third kappa shape index (κ3) is 7.62. The van der Waals surface area contributed by atoms with Gasteiger partial charge in [-0.15, -0.1) is 23.8 Å². The Morgan fingerprint density at radius 2 is 1.51 bits per heavy atom. The fourth-order valence-electron chi connectivity index (χ4n) is 5.73. The van der Waals surface area contributed by atoms with Gasteiger partial charge in [0.05, 0.1) is 0 Å². The second-order valence-electron chi connectivity index (χ2n) is 12.3. The second-order valence-corrected chi connectivity index (χ2v) is 23.9. The number of benzene rings is 4. The molecule has 1 radical (unpaired) electrons. The number of thiophene rings is 1. The van der Waals surface area contributed by atoms with E-state index in [1.165, 1.54) is 28.3 Å². The monoisotopic (exact) mass is 880 g/mol. The van der Waals surface area contributed by atoms with E-state index in [0.29, 0.717) is 11.3 Å². The molecule has 2 nitrogen and oxygen atoms in total. The summed E-state index contributed by atoms with van der Waals surface area (Å²) in [6.45, 7) is 4.28. The summed E-state index contributed by atoms with van der Waals surface area (Å²) in [5.74, 6) is 7.20. The quantitative estimate of drug-likeness (QED) is 0.127. The maximum atomic E-state index is 13.5. The van der Waals surface area contributed by atoms with E-state index in [2.05, 4.69) is 95.8 Å². The third-order valence-corrected chi connectivity index (χ3v) is 13.8. The first-order valence-electron chi connectivity index (χ1n) is 15.6. The smallest absolute Gasteiger partial charge is 0.263 e. The molecule has 0 saturated carbocycles. The number of nitrogens with zero attached hydrogens (tertiary/aromatic N) is 2. The van der Waals surface area contributed by atoms with E-state index in [4.69, 9.17) is 1.37 Å². The Balaban J connectivity index is 0.000000214. The number of aryl methyl sites for hydroxylation is 2. The molecule has 239 valence electrons. The summed E-state index contributed by atoms with van der Waals surface area (Å²) >= 11 is -0.151. The molecule has 0 N–H and O–H groups in total. The molecular formula is C40H34F2GeIrN2S-2. The van der Waals surface area contributed by atoms with Crippen molar-refractivity contribution >= 4 is 49.2 Å². The van der Waals surface area contributed by atoms with Gasteiger partial charge in [-0.1, -0.05) is 47.9 Å². The number of fused-ring (bicyclic) bond motifs is 3. The normalized spacial score (nSPS) is 11.9. The molecule has 0 spiro atoms. The average molecular weight is 879 g/mol. The van der Waals surface area contributed by atoms with Crippen LogP contribution in [0.1, 0.15) is 24.5 Å². The number of hydrogen-bond acceptors (Lipinski definition) is 3. The van der Waals surface area contributed by atoms with Crippen LogP contribution in [-0.4, -0.2) is 23.2 Å². The van der Waals surface area contributed by atoms with Gasteiger partial charge < -0.3 is 4.98 Å². The molecule has 0 unspecified atom stereocenters. The maximum absolute atomic E-state index is 13.5. The van der Waals surface area contributed by atoms with Crippen molar-refractivity contribution in [2.75, 3.05) is 0 Å². The Hall–Kier alpha value is -3.55. The van der Waals surface area contributed by atoms with Gasteiger partial charge in [0, 0.05) is 36.6 Å². The third-order valence-electron chi connectivity index (χ3n) is 7.96. The van der Waals surface area contributed by atoms with Crippen molar-refractivity contribution in [3.63, 3.8) is 0 Å². The first kappa shape index (κ1) is 33.4. The topological polar surface area (TPSA) is 25.8 Å². The fraction of sp³-hybridized carbons (Fsp3) is 0.150. The van der Waals surface area contributed by atoms with Gasteiger partial charge in [0.1, 0.15) is 1.37 Å². The van der Waals surface area contributed by atoms with Crippen LogP contribution in [0.15, 0.2) is 109 Å². The first-order chi connectivity index (χ1) is 22.4. The predicted octanol–water partition coefficient (Wildman–Crippen LogP) is 11.2. The predicted molar refractivity (Wildman–Crippen MR) is 193 cm³/mol. The molecule has 3 aromatic heterocycles. The Kier molecular flexibility index (Phi) is 10.4. The summed E-state index contributed by atoms with van der Waals surface area (Å²) in [7, 11) is 0. The van der Waals surface area contributed by atoms with Gasteiger partial charge in [0.25, 0.3) is 6.40 Å². The van der Waals surface area contributed by atoms with Crippen molar-refractivity contribution in [3.8, 4) is 33.6 Å². The molecule has 0 fully saturated rings. The van der Waals surface area contributed by atoms with Gasteiger partial charge in [-0.2, -0.15) is 11.3 Å². The molecule has 4 aromatic carbocycles. The Labute approximate surface area is 297 Å². The summed E-state index contributed by atoms with van der Waals surface area (Å²) in [6, 6.07) is 37.4. The van der Waals surface area contributed by atoms with Gasteiger partial charge >= 0.3 is 106 Å². The molecular weight excluding hydrogens is 843 g/mol. The largest absolute Gasteiger partial charge is 0.305 e. The zero-order valence-corrected chi connectivity index (χ0v) is 32.1.